The number of carbonyl (C=O) groups is 1. The third-order valence-electron chi connectivity index (χ3n) is 1.79. The van der Waals surface area contributed by atoms with Crippen LogP contribution in [0.15, 0.2) is 12.1 Å². The highest BCUT2D eigenvalue weighted by atomic mass is 19.1. The molecular formula is C9H8F2O4. The second-order valence-electron chi connectivity index (χ2n) is 2.97. The van der Waals surface area contributed by atoms with Crippen LogP contribution in [0.1, 0.15) is 5.56 Å². The topological polar surface area (TPSA) is 77.8 Å². The average Bonchev–Trinajstić information content (AvgIpc) is 2.13. The lowest BCUT2D eigenvalue weighted by Crippen LogP contribution is -2.22. The molecule has 0 aliphatic rings. The number of carboxylic acids is 1. The van der Waals surface area contributed by atoms with Crippen LogP contribution in [0.25, 0.3) is 0 Å². The SMILES string of the molecule is O=C(O)C(O)Cc1cc(F)c(O)c(F)c1. The lowest BCUT2D eigenvalue weighted by atomic mass is 10.1. The highest BCUT2D eigenvalue weighted by Gasteiger charge is 2.16. The maximum atomic E-state index is 12.8. The predicted octanol–water partition coefficient (Wildman–Crippen LogP) is 0.658. The molecule has 0 heterocycles. The summed E-state index contributed by atoms with van der Waals surface area (Å²) in [4.78, 5) is 10.3. The van der Waals surface area contributed by atoms with Gasteiger partial charge < -0.3 is 15.3 Å². The molecule has 15 heavy (non-hydrogen) atoms. The summed E-state index contributed by atoms with van der Waals surface area (Å²) >= 11 is 0. The predicted molar refractivity (Wildman–Crippen MR) is 45.4 cm³/mol. The van der Waals surface area contributed by atoms with E-state index in [-0.39, 0.29) is 5.56 Å². The van der Waals surface area contributed by atoms with Gasteiger partial charge in [0.1, 0.15) is 0 Å². The first-order chi connectivity index (χ1) is 6.91. The average molecular weight is 218 g/mol. The van der Waals surface area contributed by atoms with Crippen LogP contribution >= 0.6 is 0 Å². The number of hydrogen-bond donors (Lipinski definition) is 3. The Bertz CT molecular complexity index is 369. The normalized spacial score (nSPS) is 12.5. The molecule has 1 atom stereocenters. The molecule has 1 aromatic rings. The maximum absolute atomic E-state index is 12.8. The number of aliphatic hydroxyl groups excluding tert-OH is 1. The van der Waals surface area contributed by atoms with Gasteiger partial charge in [0.2, 0.25) is 0 Å². The van der Waals surface area contributed by atoms with Crippen molar-refractivity contribution < 1.29 is 28.9 Å². The maximum Gasteiger partial charge on any atom is 0.332 e. The molecule has 82 valence electrons. The molecule has 0 radical (unpaired) electrons. The first kappa shape index (κ1) is 11.4. The van der Waals surface area contributed by atoms with Gasteiger partial charge >= 0.3 is 5.97 Å². The zero-order valence-corrected chi connectivity index (χ0v) is 7.44. The minimum Gasteiger partial charge on any atom is -0.503 e. The molecule has 1 aromatic carbocycles. The number of phenols is 1. The summed E-state index contributed by atoms with van der Waals surface area (Å²) in [5, 5.41) is 26.0. The van der Waals surface area contributed by atoms with Crippen molar-refractivity contribution in [3.8, 4) is 5.75 Å². The molecule has 0 aromatic heterocycles. The number of hydrogen-bond acceptors (Lipinski definition) is 3. The first-order valence-corrected chi connectivity index (χ1v) is 3.99. The second kappa shape index (κ2) is 4.22. The lowest BCUT2D eigenvalue weighted by Gasteiger charge is -2.06. The monoisotopic (exact) mass is 218 g/mol. The molecule has 0 bridgehead atoms. The summed E-state index contributed by atoms with van der Waals surface area (Å²) in [6, 6.07) is 1.54. The van der Waals surface area contributed by atoms with Gasteiger partial charge in [-0.25, -0.2) is 13.6 Å². The van der Waals surface area contributed by atoms with Gasteiger partial charge in [0.25, 0.3) is 0 Å². The van der Waals surface area contributed by atoms with Crippen molar-refractivity contribution in [2.45, 2.75) is 12.5 Å². The number of phenolic OH excluding ortho intramolecular Hbond substituents is 1. The second-order valence-corrected chi connectivity index (χ2v) is 2.97. The summed E-state index contributed by atoms with van der Waals surface area (Å²) in [5.41, 5.74) is -0.0438. The standard InChI is InChI=1S/C9H8F2O4/c10-5-1-4(2-6(11)8(5)13)3-7(12)9(14)15/h1-2,7,12-13H,3H2,(H,14,15). The number of benzene rings is 1. The molecule has 4 nitrogen and oxygen atoms in total. The number of aliphatic carboxylic acids is 1. The van der Waals surface area contributed by atoms with Gasteiger partial charge in [-0.15, -0.1) is 0 Å². The Balaban J connectivity index is 2.92. The van der Waals surface area contributed by atoms with Gasteiger partial charge in [0, 0.05) is 6.42 Å². The third-order valence-corrected chi connectivity index (χ3v) is 1.79. The molecular weight excluding hydrogens is 210 g/mol. The van der Waals surface area contributed by atoms with Crippen LogP contribution in [0.3, 0.4) is 0 Å². The van der Waals surface area contributed by atoms with E-state index < -0.39 is 35.9 Å². The molecule has 0 amide bonds. The smallest absolute Gasteiger partial charge is 0.332 e. The summed E-state index contributed by atoms with van der Waals surface area (Å²) in [6.45, 7) is 0. The molecule has 1 rings (SSSR count). The van der Waals surface area contributed by atoms with E-state index in [0.717, 1.165) is 12.1 Å². The fourth-order valence-electron chi connectivity index (χ4n) is 1.05. The molecule has 0 saturated heterocycles. The molecule has 0 spiro atoms. The molecule has 6 heteroatoms. The summed E-state index contributed by atoms with van der Waals surface area (Å²) in [5.74, 6) is -4.99. The van der Waals surface area contributed by atoms with E-state index in [2.05, 4.69) is 0 Å². The zero-order chi connectivity index (χ0) is 11.6. The zero-order valence-electron chi connectivity index (χ0n) is 7.44. The Labute approximate surface area is 83.4 Å². The van der Waals surface area contributed by atoms with Crippen molar-refractivity contribution in [3.05, 3.63) is 29.3 Å². The van der Waals surface area contributed by atoms with Gasteiger partial charge in [-0.2, -0.15) is 0 Å². The Hall–Kier alpha value is -1.69. The highest BCUT2D eigenvalue weighted by Crippen LogP contribution is 2.22. The van der Waals surface area contributed by atoms with Crippen molar-refractivity contribution in [1.82, 2.24) is 0 Å². The van der Waals surface area contributed by atoms with Crippen molar-refractivity contribution in [2.75, 3.05) is 0 Å². The molecule has 3 N–H and O–H groups in total. The minimum absolute atomic E-state index is 0.0438. The van der Waals surface area contributed by atoms with Gasteiger partial charge in [-0.05, 0) is 17.7 Å². The molecule has 0 saturated carbocycles. The summed E-state index contributed by atoms with van der Waals surface area (Å²) < 4.78 is 25.5. The summed E-state index contributed by atoms with van der Waals surface area (Å²) in [6.07, 6.45) is -2.16. The van der Waals surface area contributed by atoms with Crippen LogP contribution < -0.4 is 0 Å². The molecule has 0 aliphatic carbocycles. The molecule has 1 unspecified atom stereocenters. The Kier molecular flexibility index (Phi) is 3.21. The Morgan fingerprint density at radius 3 is 2.20 bits per heavy atom. The van der Waals surface area contributed by atoms with Crippen molar-refractivity contribution in [1.29, 1.82) is 0 Å². The van der Waals surface area contributed by atoms with Crippen molar-refractivity contribution in [2.24, 2.45) is 0 Å². The van der Waals surface area contributed by atoms with Crippen LogP contribution in [0.5, 0.6) is 5.75 Å². The lowest BCUT2D eigenvalue weighted by molar-refractivity contribution is -0.146. The van der Waals surface area contributed by atoms with E-state index in [4.69, 9.17) is 15.3 Å². The fraction of sp³-hybridized carbons (Fsp3) is 0.222. The van der Waals surface area contributed by atoms with E-state index >= 15 is 0 Å². The van der Waals surface area contributed by atoms with Crippen LogP contribution in [-0.2, 0) is 11.2 Å². The number of halogens is 2. The number of aliphatic hydroxyl groups is 1. The van der Waals surface area contributed by atoms with Crippen LogP contribution in [0.4, 0.5) is 8.78 Å². The van der Waals surface area contributed by atoms with Gasteiger partial charge in [0.15, 0.2) is 23.5 Å². The molecule has 0 aliphatic heterocycles. The largest absolute Gasteiger partial charge is 0.503 e. The highest BCUT2D eigenvalue weighted by molar-refractivity contribution is 5.72. The van der Waals surface area contributed by atoms with Crippen LogP contribution in [0, 0.1) is 11.6 Å². The quantitative estimate of drug-likeness (QED) is 0.696. The van der Waals surface area contributed by atoms with Crippen LogP contribution in [-0.4, -0.2) is 27.4 Å². The number of aromatic hydroxyl groups is 1. The first-order valence-electron chi connectivity index (χ1n) is 3.99. The van der Waals surface area contributed by atoms with E-state index in [1.807, 2.05) is 0 Å². The van der Waals surface area contributed by atoms with Crippen molar-refractivity contribution >= 4 is 5.97 Å². The molecule has 0 fully saturated rings. The summed E-state index contributed by atoms with van der Waals surface area (Å²) in [7, 11) is 0. The van der Waals surface area contributed by atoms with Gasteiger partial charge in [-0.1, -0.05) is 0 Å². The Morgan fingerprint density at radius 1 is 1.33 bits per heavy atom. The fourth-order valence-corrected chi connectivity index (χ4v) is 1.05. The number of carboxylic acid groups (broad SMARTS) is 1. The van der Waals surface area contributed by atoms with Gasteiger partial charge in [-0.3, -0.25) is 0 Å². The minimum atomic E-state index is -1.73. The van der Waals surface area contributed by atoms with E-state index in [9.17, 15) is 13.6 Å². The number of rotatable bonds is 3. The third kappa shape index (κ3) is 2.63. The van der Waals surface area contributed by atoms with Crippen molar-refractivity contribution in [3.63, 3.8) is 0 Å². The van der Waals surface area contributed by atoms with Gasteiger partial charge in [0.05, 0.1) is 0 Å². The van der Waals surface area contributed by atoms with E-state index in [1.54, 1.807) is 0 Å². The van der Waals surface area contributed by atoms with Crippen LogP contribution in [0.2, 0.25) is 0 Å². The van der Waals surface area contributed by atoms with E-state index in [0.29, 0.717) is 0 Å². The van der Waals surface area contributed by atoms with E-state index in [1.165, 1.54) is 0 Å². The Morgan fingerprint density at radius 2 is 1.80 bits per heavy atom.